The summed E-state index contributed by atoms with van der Waals surface area (Å²) in [4.78, 5) is 12.6. The second kappa shape index (κ2) is 5.76. The molecule has 0 aromatic carbocycles. The van der Waals surface area contributed by atoms with E-state index in [4.69, 9.17) is 19.9 Å². The summed E-state index contributed by atoms with van der Waals surface area (Å²) in [5.74, 6) is 0.951. The van der Waals surface area contributed by atoms with E-state index in [2.05, 4.69) is 15.0 Å². The minimum atomic E-state index is -0.814. The van der Waals surface area contributed by atoms with Crippen LogP contribution in [0.2, 0.25) is 0 Å². The number of aliphatic hydroxyl groups is 1. The zero-order valence-corrected chi connectivity index (χ0v) is 12.6. The molecule has 0 bridgehead atoms. The summed E-state index contributed by atoms with van der Waals surface area (Å²) < 4.78 is 18.2. The van der Waals surface area contributed by atoms with Crippen LogP contribution in [0.25, 0.3) is 11.2 Å². The number of hydrogen-bond donors (Lipinski definition) is 2. The summed E-state index contributed by atoms with van der Waals surface area (Å²) in [6.07, 6.45) is -1.07. The third-order valence-electron chi connectivity index (χ3n) is 3.85. The number of hydrogen-bond acceptors (Lipinski definition) is 8. The predicted octanol–water partition coefficient (Wildman–Crippen LogP) is -0.363. The molecule has 3 heterocycles. The van der Waals surface area contributed by atoms with Gasteiger partial charge in [0.2, 0.25) is 0 Å². The topological polar surface area (TPSA) is 118 Å². The Morgan fingerprint density at radius 1 is 1.41 bits per heavy atom. The van der Waals surface area contributed by atoms with Crippen molar-refractivity contribution in [1.82, 2.24) is 19.5 Å². The van der Waals surface area contributed by atoms with Gasteiger partial charge in [-0.3, -0.25) is 4.57 Å². The largest absolute Gasteiger partial charge is 0.387 e. The maximum Gasteiger partial charge on any atom is 0.167 e. The van der Waals surface area contributed by atoms with E-state index in [9.17, 15) is 5.11 Å². The molecule has 0 amide bonds. The van der Waals surface area contributed by atoms with Gasteiger partial charge in [0.05, 0.1) is 6.61 Å². The van der Waals surface area contributed by atoms with Crippen molar-refractivity contribution in [3.63, 3.8) is 0 Å². The molecule has 3 N–H and O–H groups in total. The molecule has 9 heteroatoms. The van der Waals surface area contributed by atoms with Gasteiger partial charge in [0.25, 0.3) is 0 Å². The van der Waals surface area contributed by atoms with E-state index in [0.717, 1.165) is 0 Å². The lowest BCUT2D eigenvalue weighted by Crippen LogP contribution is -2.35. The number of aryl methyl sites for hydroxylation is 1. The van der Waals surface area contributed by atoms with Crippen LogP contribution >= 0.6 is 0 Å². The highest BCUT2D eigenvalue weighted by atomic mass is 16.6. The number of aromatic nitrogens is 4. The van der Waals surface area contributed by atoms with E-state index in [1.807, 2.05) is 6.92 Å². The summed E-state index contributed by atoms with van der Waals surface area (Å²) in [5.41, 5.74) is 6.88. The summed E-state index contributed by atoms with van der Waals surface area (Å²) in [7, 11) is 3.08. The fraction of sp³-hybridized carbons (Fsp3) is 0.615. The molecule has 2 aromatic rings. The summed E-state index contributed by atoms with van der Waals surface area (Å²) >= 11 is 0. The molecular formula is C13H19N5O4. The molecule has 1 aliphatic rings. The Hall–Kier alpha value is -1.81. The molecule has 1 aliphatic heterocycles. The molecule has 0 saturated carbocycles. The summed E-state index contributed by atoms with van der Waals surface area (Å²) in [6, 6.07) is 0. The van der Waals surface area contributed by atoms with Crippen molar-refractivity contribution >= 4 is 17.0 Å². The van der Waals surface area contributed by atoms with Gasteiger partial charge in [-0.05, 0) is 6.92 Å². The molecule has 1 saturated heterocycles. The Morgan fingerprint density at radius 2 is 2.18 bits per heavy atom. The number of nitrogen functional groups attached to an aromatic ring is 1. The highest BCUT2D eigenvalue weighted by Gasteiger charge is 2.46. The molecular weight excluding hydrogens is 290 g/mol. The minimum absolute atomic E-state index is 0.264. The van der Waals surface area contributed by atoms with Crippen molar-refractivity contribution in [3.8, 4) is 0 Å². The number of fused-ring (bicyclic) bond motifs is 1. The molecule has 4 atom stereocenters. The Balaban J connectivity index is 2.06. The smallest absolute Gasteiger partial charge is 0.167 e. The molecule has 0 spiro atoms. The van der Waals surface area contributed by atoms with Gasteiger partial charge in [-0.25, -0.2) is 15.0 Å². The quantitative estimate of drug-likeness (QED) is 0.786. The van der Waals surface area contributed by atoms with Gasteiger partial charge in [0, 0.05) is 14.2 Å². The van der Waals surface area contributed by atoms with Crippen LogP contribution in [-0.4, -0.2) is 63.8 Å². The van der Waals surface area contributed by atoms with Crippen LogP contribution in [0.3, 0.4) is 0 Å². The normalized spacial score (nSPS) is 28.5. The Morgan fingerprint density at radius 3 is 2.86 bits per heavy atom. The standard InChI is InChI=1S/C13H19N5O4/c1-6-17-8-11(14)15-5-16-12(8)18(6)13-10(21-3)9(19)7(22-13)4-20-2/h5,7,9-10,13,19H,4H2,1-3H3,(H2,14,15,16). The maximum absolute atomic E-state index is 10.3. The lowest BCUT2D eigenvalue weighted by Gasteiger charge is -2.21. The van der Waals surface area contributed by atoms with Crippen LogP contribution in [0.5, 0.6) is 0 Å². The van der Waals surface area contributed by atoms with Gasteiger partial charge in [-0.1, -0.05) is 0 Å². The number of rotatable bonds is 4. The molecule has 1 fully saturated rings. The van der Waals surface area contributed by atoms with Crippen molar-refractivity contribution in [2.75, 3.05) is 26.6 Å². The number of methoxy groups -OCH3 is 2. The highest BCUT2D eigenvalue weighted by Crippen LogP contribution is 2.34. The first-order valence-electron chi connectivity index (χ1n) is 6.88. The van der Waals surface area contributed by atoms with E-state index in [0.29, 0.717) is 22.8 Å². The Labute approximate surface area is 127 Å². The van der Waals surface area contributed by atoms with Crippen LogP contribution in [0.1, 0.15) is 12.1 Å². The number of anilines is 1. The fourth-order valence-corrected chi connectivity index (χ4v) is 2.82. The van der Waals surface area contributed by atoms with E-state index in [-0.39, 0.29) is 6.61 Å². The molecule has 0 radical (unpaired) electrons. The average Bonchev–Trinajstić information content (AvgIpc) is 2.98. The van der Waals surface area contributed by atoms with Gasteiger partial charge < -0.3 is 25.1 Å². The van der Waals surface area contributed by atoms with E-state index in [1.54, 1.807) is 11.7 Å². The van der Waals surface area contributed by atoms with Crippen molar-refractivity contribution in [1.29, 1.82) is 0 Å². The average molecular weight is 309 g/mol. The van der Waals surface area contributed by atoms with Crippen LogP contribution in [0, 0.1) is 6.92 Å². The lowest BCUT2D eigenvalue weighted by atomic mass is 10.1. The second-order valence-electron chi connectivity index (χ2n) is 5.17. The van der Waals surface area contributed by atoms with Crippen molar-refractivity contribution in [2.45, 2.75) is 31.5 Å². The van der Waals surface area contributed by atoms with Crippen molar-refractivity contribution in [2.24, 2.45) is 0 Å². The van der Waals surface area contributed by atoms with E-state index >= 15 is 0 Å². The zero-order valence-electron chi connectivity index (χ0n) is 12.6. The third-order valence-corrected chi connectivity index (χ3v) is 3.85. The molecule has 3 rings (SSSR count). The van der Waals surface area contributed by atoms with Crippen LogP contribution in [0.4, 0.5) is 5.82 Å². The molecule has 9 nitrogen and oxygen atoms in total. The second-order valence-corrected chi connectivity index (χ2v) is 5.17. The number of nitrogens with zero attached hydrogens (tertiary/aromatic N) is 4. The molecule has 22 heavy (non-hydrogen) atoms. The number of imidazole rings is 1. The fourth-order valence-electron chi connectivity index (χ4n) is 2.82. The monoisotopic (exact) mass is 309 g/mol. The molecule has 4 unspecified atom stereocenters. The van der Waals surface area contributed by atoms with Crippen LogP contribution in [0.15, 0.2) is 6.33 Å². The highest BCUT2D eigenvalue weighted by molar-refractivity contribution is 5.81. The molecule has 120 valence electrons. The van der Waals surface area contributed by atoms with Gasteiger partial charge >= 0.3 is 0 Å². The maximum atomic E-state index is 10.3. The van der Waals surface area contributed by atoms with Crippen LogP contribution in [-0.2, 0) is 14.2 Å². The van der Waals surface area contributed by atoms with E-state index < -0.39 is 24.5 Å². The van der Waals surface area contributed by atoms with Gasteiger partial charge in [0.15, 0.2) is 23.2 Å². The Bertz CT molecular complexity index is 676. The number of ether oxygens (including phenoxy) is 3. The van der Waals surface area contributed by atoms with Crippen molar-refractivity contribution in [3.05, 3.63) is 12.2 Å². The predicted molar refractivity (Wildman–Crippen MR) is 77.1 cm³/mol. The molecule has 0 aliphatic carbocycles. The van der Waals surface area contributed by atoms with Crippen molar-refractivity contribution < 1.29 is 19.3 Å². The molecule has 2 aromatic heterocycles. The first kappa shape index (κ1) is 15.1. The SMILES string of the molecule is COCC1OC(n2c(C)nc3c(N)ncnc32)C(OC)C1O. The number of aliphatic hydroxyl groups excluding tert-OH is 1. The number of nitrogens with two attached hydrogens (primary N) is 1. The summed E-state index contributed by atoms with van der Waals surface area (Å²) in [5, 5.41) is 10.3. The summed E-state index contributed by atoms with van der Waals surface area (Å²) in [6.45, 7) is 2.08. The van der Waals surface area contributed by atoms with Crippen LogP contribution < -0.4 is 5.73 Å². The minimum Gasteiger partial charge on any atom is -0.387 e. The zero-order chi connectivity index (χ0) is 15.9. The van der Waals surface area contributed by atoms with E-state index in [1.165, 1.54) is 13.4 Å². The third kappa shape index (κ3) is 2.22. The van der Waals surface area contributed by atoms with Gasteiger partial charge in [-0.2, -0.15) is 0 Å². The van der Waals surface area contributed by atoms with Gasteiger partial charge in [0.1, 0.15) is 30.5 Å². The van der Waals surface area contributed by atoms with Gasteiger partial charge in [-0.15, -0.1) is 0 Å². The Kier molecular flexibility index (Phi) is 3.96. The first-order chi connectivity index (χ1) is 10.6. The first-order valence-corrected chi connectivity index (χ1v) is 6.88. The lowest BCUT2D eigenvalue weighted by molar-refractivity contribution is -0.0638.